The summed E-state index contributed by atoms with van der Waals surface area (Å²) < 4.78 is 6.93. The van der Waals surface area contributed by atoms with Crippen LogP contribution in [0.5, 0.6) is 0 Å². The molecule has 3 aliphatic heterocycles. The van der Waals surface area contributed by atoms with Gasteiger partial charge in [0.05, 0.1) is 42.6 Å². The van der Waals surface area contributed by atoms with Crippen LogP contribution in [-0.4, -0.2) is 60.1 Å². The summed E-state index contributed by atoms with van der Waals surface area (Å²) in [5.74, 6) is -0.964. The van der Waals surface area contributed by atoms with Crippen LogP contribution in [0.2, 0.25) is 18.6 Å². The van der Waals surface area contributed by atoms with Gasteiger partial charge >= 0.3 is 0 Å². The second kappa shape index (κ2) is 13.4. The number of hydrogen-bond acceptors (Lipinski definition) is 6. The summed E-state index contributed by atoms with van der Waals surface area (Å²) in [5.41, 5.74) is 3.60. The van der Waals surface area contributed by atoms with Gasteiger partial charge < -0.3 is 24.4 Å². The minimum Gasteiger partial charge on any atom is -0.432 e. The molecule has 4 atom stereocenters. The fraction of sp³-hybridized carbons (Fsp3) is 0.279. The molecule has 8 rings (SSSR count). The third-order valence-corrected chi connectivity index (χ3v) is 13.8. The van der Waals surface area contributed by atoms with Gasteiger partial charge in [0.1, 0.15) is 0 Å². The third kappa shape index (κ3) is 5.77. The molecule has 1 fully saturated rings. The SMILES string of the molecule is C[C@H]1[C@H]([Si](C)(C)O)[C@@H](CC(=O)N(CCO)Cc2ccccc2)O[C@]12C(=O)N(Cc1cccc(N3C(=O)c4cccc5cccc3c45)c1)c1ccccc12. The molecule has 53 heavy (non-hydrogen) atoms. The number of aliphatic hydroxyl groups is 1. The van der Waals surface area contributed by atoms with Crippen molar-refractivity contribution in [2.24, 2.45) is 5.92 Å². The first-order valence-corrected chi connectivity index (χ1v) is 21.2. The van der Waals surface area contributed by atoms with Crippen LogP contribution in [0.1, 0.15) is 40.4 Å². The fourth-order valence-corrected chi connectivity index (χ4v) is 11.6. The van der Waals surface area contributed by atoms with Crippen LogP contribution < -0.4 is 9.80 Å². The highest BCUT2D eigenvalue weighted by Gasteiger charge is 2.66. The molecule has 0 saturated carbocycles. The van der Waals surface area contributed by atoms with Crippen molar-refractivity contribution in [3.05, 3.63) is 138 Å². The topological polar surface area (TPSA) is 111 Å². The number of fused-ring (bicyclic) bond motifs is 2. The number of carbonyl (C=O) groups is 3. The normalized spacial score (nSPS) is 21.9. The lowest BCUT2D eigenvalue weighted by atomic mass is 9.82. The molecule has 1 saturated heterocycles. The summed E-state index contributed by atoms with van der Waals surface area (Å²) in [6.45, 7) is 6.18. The second-order valence-corrected chi connectivity index (χ2v) is 19.0. The van der Waals surface area contributed by atoms with E-state index in [1.54, 1.807) is 14.7 Å². The van der Waals surface area contributed by atoms with Gasteiger partial charge in [-0.2, -0.15) is 0 Å². The quantitative estimate of drug-likeness (QED) is 0.152. The lowest BCUT2D eigenvalue weighted by Gasteiger charge is -2.32. The van der Waals surface area contributed by atoms with Crippen molar-refractivity contribution < 1.29 is 29.0 Å². The summed E-state index contributed by atoms with van der Waals surface area (Å²) in [5, 5.41) is 11.8. The number of anilines is 3. The molecule has 5 aromatic rings. The average molecular weight is 726 g/mol. The lowest BCUT2D eigenvalue weighted by molar-refractivity contribution is -0.150. The highest BCUT2D eigenvalue weighted by Crippen LogP contribution is 2.60. The molecule has 9 nitrogen and oxygen atoms in total. The molecule has 0 radical (unpaired) electrons. The van der Waals surface area contributed by atoms with Crippen LogP contribution in [0.3, 0.4) is 0 Å². The highest BCUT2D eigenvalue weighted by atomic mass is 28.4. The van der Waals surface area contributed by atoms with Gasteiger partial charge in [-0.1, -0.05) is 91.9 Å². The fourth-order valence-electron chi connectivity index (χ4n) is 9.05. The van der Waals surface area contributed by atoms with Crippen molar-refractivity contribution in [2.75, 3.05) is 23.0 Å². The van der Waals surface area contributed by atoms with Gasteiger partial charge in [-0.3, -0.25) is 19.3 Å². The van der Waals surface area contributed by atoms with Crippen molar-refractivity contribution in [3.8, 4) is 0 Å². The monoisotopic (exact) mass is 725 g/mol. The number of aliphatic hydroxyl groups excluding tert-OH is 1. The molecule has 10 heteroatoms. The zero-order chi connectivity index (χ0) is 37.1. The van der Waals surface area contributed by atoms with E-state index in [0.717, 1.165) is 38.8 Å². The average Bonchev–Trinajstić information content (AvgIpc) is 3.70. The number of rotatable bonds is 10. The minimum absolute atomic E-state index is 0.0307. The molecule has 5 aromatic carbocycles. The Morgan fingerprint density at radius 2 is 1.55 bits per heavy atom. The maximum atomic E-state index is 15.0. The first kappa shape index (κ1) is 34.9. The van der Waals surface area contributed by atoms with Gasteiger partial charge in [0.15, 0.2) is 13.9 Å². The van der Waals surface area contributed by atoms with Gasteiger partial charge in [-0.15, -0.1) is 0 Å². The molecule has 0 aliphatic carbocycles. The Morgan fingerprint density at radius 3 is 2.30 bits per heavy atom. The van der Waals surface area contributed by atoms with Crippen LogP contribution in [0.15, 0.2) is 115 Å². The van der Waals surface area contributed by atoms with Gasteiger partial charge in [-0.05, 0) is 59.9 Å². The van der Waals surface area contributed by atoms with E-state index < -0.39 is 31.5 Å². The van der Waals surface area contributed by atoms with Crippen molar-refractivity contribution in [2.45, 2.75) is 56.8 Å². The highest BCUT2D eigenvalue weighted by molar-refractivity contribution is 6.71. The zero-order valence-electron chi connectivity index (χ0n) is 30.1. The number of nitrogens with zero attached hydrogens (tertiary/aromatic N) is 3. The Morgan fingerprint density at radius 1 is 0.868 bits per heavy atom. The summed E-state index contributed by atoms with van der Waals surface area (Å²) in [6, 6.07) is 36.7. The molecule has 0 aromatic heterocycles. The van der Waals surface area contributed by atoms with E-state index in [4.69, 9.17) is 4.74 Å². The summed E-state index contributed by atoms with van der Waals surface area (Å²) in [6.07, 6.45) is -0.746. The molecular formula is C43H43N3O6Si. The molecule has 1 spiro atoms. The number of carbonyl (C=O) groups excluding carboxylic acids is 3. The smallest absolute Gasteiger partial charge is 0.264 e. The second-order valence-electron chi connectivity index (χ2n) is 15.0. The third-order valence-electron chi connectivity index (χ3n) is 11.3. The molecule has 3 heterocycles. The Bertz CT molecular complexity index is 2230. The molecule has 3 amide bonds. The number of amides is 3. The molecule has 270 valence electrons. The van der Waals surface area contributed by atoms with Crippen LogP contribution in [0, 0.1) is 5.92 Å². The van der Waals surface area contributed by atoms with E-state index >= 15 is 0 Å². The van der Waals surface area contributed by atoms with E-state index in [0.29, 0.717) is 17.8 Å². The molecule has 2 N–H and O–H groups in total. The van der Waals surface area contributed by atoms with Crippen molar-refractivity contribution in [3.63, 3.8) is 0 Å². The van der Waals surface area contributed by atoms with Crippen molar-refractivity contribution in [1.29, 1.82) is 0 Å². The molecule has 0 bridgehead atoms. The Kier molecular flexibility index (Phi) is 8.81. The Labute approximate surface area is 310 Å². The Hall–Kier alpha value is -5.13. The first-order valence-electron chi connectivity index (χ1n) is 18.2. The van der Waals surface area contributed by atoms with E-state index in [-0.39, 0.29) is 43.8 Å². The largest absolute Gasteiger partial charge is 0.432 e. The summed E-state index contributed by atoms with van der Waals surface area (Å²) >= 11 is 0. The lowest BCUT2D eigenvalue weighted by Crippen LogP contribution is -2.46. The van der Waals surface area contributed by atoms with Crippen LogP contribution in [-0.2, 0) is 33.0 Å². The standard InChI is InChI=1S/C43H43N3O6Si/c1-28-40(53(2,3)51)37(25-38(48)44(22-23-47)26-29-12-5-4-6-13-29)52-43(28)34-19-7-8-20-35(34)45(42(43)50)27-30-14-9-17-32(24-30)46-36-21-11-16-31-15-10-18-33(39(31)36)41(46)49/h4-21,24,28,37,40,47,51H,22-23,25-27H2,1-3H3/t28-,37+,40-,43+/m0/s1. The number of benzene rings is 5. The van der Waals surface area contributed by atoms with E-state index in [1.807, 2.05) is 135 Å². The van der Waals surface area contributed by atoms with Gasteiger partial charge in [-0.25, -0.2) is 0 Å². The Balaban J connectivity index is 1.10. The molecule has 3 aliphatic rings. The predicted molar refractivity (Wildman–Crippen MR) is 207 cm³/mol. The van der Waals surface area contributed by atoms with Crippen molar-refractivity contribution >= 4 is 53.9 Å². The van der Waals surface area contributed by atoms with Gasteiger partial charge in [0.2, 0.25) is 5.91 Å². The summed E-state index contributed by atoms with van der Waals surface area (Å²) in [4.78, 5) is 59.5. The van der Waals surface area contributed by atoms with Crippen LogP contribution in [0.25, 0.3) is 10.8 Å². The zero-order valence-corrected chi connectivity index (χ0v) is 31.1. The molecular weight excluding hydrogens is 683 g/mol. The van der Waals surface area contributed by atoms with Gasteiger partial charge in [0, 0.05) is 41.2 Å². The van der Waals surface area contributed by atoms with Gasteiger partial charge in [0.25, 0.3) is 11.8 Å². The first-order chi connectivity index (χ1) is 25.5. The minimum atomic E-state index is -3.01. The summed E-state index contributed by atoms with van der Waals surface area (Å²) in [7, 11) is -3.01. The molecule has 0 unspecified atom stereocenters. The number of hydrogen-bond donors (Lipinski definition) is 2. The van der Waals surface area contributed by atoms with Crippen LogP contribution >= 0.6 is 0 Å². The van der Waals surface area contributed by atoms with E-state index in [9.17, 15) is 24.3 Å². The van der Waals surface area contributed by atoms with Crippen molar-refractivity contribution in [1.82, 2.24) is 4.90 Å². The van der Waals surface area contributed by atoms with E-state index in [1.165, 1.54) is 0 Å². The predicted octanol–water partition coefficient (Wildman–Crippen LogP) is 6.89. The number of para-hydroxylation sites is 1. The number of ether oxygens (including phenoxy) is 1. The maximum absolute atomic E-state index is 15.0. The van der Waals surface area contributed by atoms with Crippen LogP contribution in [0.4, 0.5) is 17.1 Å². The van der Waals surface area contributed by atoms with E-state index in [2.05, 4.69) is 0 Å². The maximum Gasteiger partial charge on any atom is 0.264 e.